The van der Waals surface area contributed by atoms with Crippen LogP contribution in [0.3, 0.4) is 0 Å². The maximum Gasteiger partial charge on any atom is 0.137 e. The third-order valence-electron chi connectivity index (χ3n) is 2.90. The van der Waals surface area contributed by atoms with Gasteiger partial charge in [0.25, 0.3) is 0 Å². The molecule has 2 aromatic rings. The van der Waals surface area contributed by atoms with Gasteiger partial charge in [-0.25, -0.2) is 4.98 Å². The van der Waals surface area contributed by atoms with E-state index in [0.29, 0.717) is 0 Å². The van der Waals surface area contributed by atoms with Crippen molar-refractivity contribution in [1.29, 1.82) is 0 Å². The van der Waals surface area contributed by atoms with Crippen molar-refractivity contribution in [1.82, 2.24) is 14.8 Å². The summed E-state index contributed by atoms with van der Waals surface area (Å²) in [5.41, 5.74) is 1.21. The van der Waals surface area contributed by atoms with Gasteiger partial charge in [0, 0.05) is 6.54 Å². The van der Waals surface area contributed by atoms with Crippen molar-refractivity contribution in [3.8, 4) is 5.75 Å². The summed E-state index contributed by atoms with van der Waals surface area (Å²) >= 11 is 0. The minimum absolute atomic E-state index is 0.894. The standard InChI is InChI=1S/C15H19N3O/c1-19-15-9-7-14(8-10-15)6-4-2-3-5-11-18-13-16-12-17-18/h4,6-10,12-13H,2-3,5,11H2,1H3/b6-4+. The van der Waals surface area contributed by atoms with Gasteiger partial charge in [-0.1, -0.05) is 24.3 Å². The quantitative estimate of drug-likeness (QED) is 0.715. The van der Waals surface area contributed by atoms with Crippen LogP contribution in [-0.2, 0) is 6.54 Å². The summed E-state index contributed by atoms with van der Waals surface area (Å²) in [6, 6.07) is 8.07. The number of hydrogen-bond acceptors (Lipinski definition) is 3. The molecule has 1 aromatic heterocycles. The first-order chi connectivity index (χ1) is 9.38. The molecule has 0 N–H and O–H groups in total. The van der Waals surface area contributed by atoms with Crippen molar-refractivity contribution < 1.29 is 4.74 Å². The van der Waals surface area contributed by atoms with Crippen LogP contribution >= 0.6 is 0 Å². The number of hydrogen-bond donors (Lipinski definition) is 0. The maximum absolute atomic E-state index is 5.12. The summed E-state index contributed by atoms with van der Waals surface area (Å²) in [4.78, 5) is 3.92. The fourth-order valence-electron chi connectivity index (χ4n) is 1.82. The van der Waals surface area contributed by atoms with Crippen LogP contribution in [0.1, 0.15) is 24.8 Å². The molecular weight excluding hydrogens is 238 g/mol. The zero-order valence-corrected chi connectivity index (χ0v) is 11.2. The Hall–Kier alpha value is -2.10. The van der Waals surface area contributed by atoms with Crippen molar-refractivity contribution >= 4 is 6.08 Å². The second-order valence-corrected chi connectivity index (χ2v) is 4.33. The number of ether oxygens (including phenoxy) is 1. The number of nitrogens with zero attached hydrogens (tertiary/aromatic N) is 3. The lowest BCUT2D eigenvalue weighted by atomic mass is 10.1. The molecule has 100 valence electrons. The summed E-state index contributed by atoms with van der Waals surface area (Å²) in [7, 11) is 1.68. The zero-order valence-electron chi connectivity index (χ0n) is 11.2. The fraction of sp³-hybridized carbons (Fsp3) is 0.333. The van der Waals surface area contributed by atoms with Gasteiger partial charge in [0.05, 0.1) is 7.11 Å². The van der Waals surface area contributed by atoms with Crippen LogP contribution in [0.5, 0.6) is 5.75 Å². The normalized spacial score (nSPS) is 11.0. The Morgan fingerprint density at radius 1 is 1.21 bits per heavy atom. The number of methoxy groups -OCH3 is 1. The lowest BCUT2D eigenvalue weighted by Crippen LogP contribution is -1.97. The molecule has 0 saturated carbocycles. The van der Waals surface area contributed by atoms with E-state index in [0.717, 1.165) is 31.6 Å². The highest BCUT2D eigenvalue weighted by atomic mass is 16.5. The molecule has 2 rings (SSSR count). The Balaban J connectivity index is 1.65. The third-order valence-corrected chi connectivity index (χ3v) is 2.90. The molecule has 1 heterocycles. The van der Waals surface area contributed by atoms with E-state index in [1.165, 1.54) is 5.56 Å². The predicted octanol–water partition coefficient (Wildman–Crippen LogP) is 3.17. The number of rotatable bonds is 7. The summed E-state index contributed by atoms with van der Waals surface area (Å²) in [5, 5.41) is 4.07. The van der Waals surface area contributed by atoms with Gasteiger partial charge in [-0.15, -0.1) is 0 Å². The van der Waals surface area contributed by atoms with Gasteiger partial charge < -0.3 is 4.74 Å². The van der Waals surface area contributed by atoms with Crippen LogP contribution in [0.4, 0.5) is 0 Å². The number of unbranched alkanes of at least 4 members (excludes halogenated alkanes) is 2. The molecule has 4 nitrogen and oxygen atoms in total. The van der Waals surface area contributed by atoms with Crippen LogP contribution in [0.15, 0.2) is 43.0 Å². The fourth-order valence-corrected chi connectivity index (χ4v) is 1.82. The van der Waals surface area contributed by atoms with Crippen LogP contribution in [0.2, 0.25) is 0 Å². The third kappa shape index (κ3) is 4.58. The van der Waals surface area contributed by atoms with Crippen molar-refractivity contribution in [3.05, 3.63) is 48.6 Å². The molecule has 0 saturated heterocycles. The van der Waals surface area contributed by atoms with Gasteiger partial charge in [0.1, 0.15) is 18.4 Å². The molecule has 0 radical (unpaired) electrons. The molecule has 0 spiro atoms. The highest BCUT2D eigenvalue weighted by Crippen LogP contribution is 2.12. The molecule has 1 aromatic carbocycles. The smallest absolute Gasteiger partial charge is 0.137 e. The highest BCUT2D eigenvalue weighted by Gasteiger charge is 1.92. The van der Waals surface area contributed by atoms with Crippen molar-refractivity contribution in [2.75, 3.05) is 7.11 Å². The molecule has 0 aliphatic heterocycles. The first kappa shape index (κ1) is 13.3. The van der Waals surface area contributed by atoms with E-state index >= 15 is 0 Å². The molecular formula is C15H19N3O. The first-order valence-corrected chi connectivity index (χ1v) is 6.51. The maximum atomic E-state index is 5.12. The van der Waals surface area contributed by atoms with Crippen molar-refractivity contribution in [2.45, 2.75) is 25.8 Å². The van der Waals surface area contributed by atoms with Gasteiger partial charge in [-0.05, 0) is 37.0 Å². The van der Waals surface area contributed by atoms with Gasteiger partial charge in [-0.3, -0.25) is 4.68 Å². The van der Waals surface area contributed by atoms with Crippen LogP contribution in [-0.4, -0.2) is 21.9 Å². The monoisotopic (exact) mass is 257 g/mol. The van der Waals surface area contributed by atoms with E-state index in [9.17, 15) is 0 Å². The largest absolute Gasteiger partial charge is 0.497 e. The van der Waals surface area contributed by atoms with Crippen molar-refractivity contribution in [3.63, 3.8) is 0 Å². The Bertz CT molecular complexity index is 489. The summed E-state index contributed by atoms with van der Waals surface area (Å²) in [6.45, 7) is 0.941. The van der Waals surface area contributed by atoms with Crippen LogP contribution in [0, 0.1) is 0 Å². The summed E-state index contributed by atoms with van der Waals surface area (Å²) in [5.74, 6) is 0.894. The lowest BCUT2D eigenvalue weighted by Gasteiger charge is -2.00. The van der Waals surface area contributed by atoms with Crippen LogP contribution < -0.4 is 4.74 Å². The van der Waals surface area contributed by atoms with E-state index in [-0.39, 0.29) is 0 Å². The lowest BCUT2D eigenvalue weighted by molar-refractivity contribution is 0.415. The van der Waals surface area contributed by atoms with Crippen molar-refractivity contribution in [2.24, 2.45) is 0 Å². The summed E-state index contributed by atoms with van der Waals surface area (Å²) < 4.78 is 6.99. The molecule has 0 aliphatic carbocycles. The number of aromatic nitrogens is 3. The average molecular weight is 257 g/mol. The minimum atomic E-state index is 0.894. The number of aryl methyl sites for hydroxylation is 1. The average Bonchev–Trinajstić information content (AvgIpc) is 2.96. The molecule has 0 bridgehead atoms. The Morgan fingerprint density at radius 2 is 2.05 bits per heavy atom. The molecule has 0 amide bonds. The van der Waals surface area contributed by atoms with Gasteiger partial charge in [0.2, 0.25) is 0 Å². The Morgan fingerprint density at radius 3 is 2.74 bits per heavy atom. The van der Waals surface area contributed by atoms with Crippen LogP contribution in [0.25, 0.3) is 6.08 Å². The molecule has 0 fully saturated rings. The highest BCUT2D eigenvalue weighted by molar-refractivity contribution is 5.50. The molecule has 0 aliphatic rings. The minimum Gasteiger partial charge on any atom is -0.497 e. The first-order valence-electron chi connectivity index (χ1n) is 6.51. The second-order valence-electron chi connectivity index (χ2n) is 4.33. The SMILES string of the molecule is COc1ccc(/C=C/CCCCn2cncn2)cc1. The second kappa shape index (κ2) is 7.36. The topological polar surface area (TPSA) is 39.9 Å². The van der Waals surface area contributed by atoms with Gasteiger partial charge in [0.15, 0.2) is 0 Å². The zero-order chi connectivity index (χ0) is 13.3. The Labute approximate surface area is 113 Å². The molecule has 19 heavy (non-hydrogen) atoms. The number of benzene rings is 1. The predicted molar refractivity (Wildman–Crippen MR) is 75.9 cm³/mol. The van der Waals surface area contributed by atoms with E-state index < -0.39 is 0 Å². The molecule has 0 unspecified atom stereocenters. The van der Waals surface area contributed by atoms with E-state index in [2.05, 4.69) is 34.4 Å². The van der Waals surface area contributed by atoms with E-state index in [1.807, 2.05) is 16.8 Å². The Kier molecular flexibility index (Phi) is 5.17. The number of allylic oxidation sites excluding steroid dienone is 1. The van der Waals surface area contributed by atoms with Gasteiger partial charge >= 0.3 is 0 Å². The van der Waals surface area contributed by atoms with Gasteiger partial charge in [-0.2, -0.15) is 5.10 Å². The summed E-state index contributed by atoms with van der Waals surface area (Å²) in [6.07, 6.45) is 11.1. The van der Waals surface area contributed by atoms with E-state index in [4.69, 9.17) is 4.74 Å². The molecule has 4 heteroatoms. The molecule has 0 atom stereocenters. The van der Waals surface area contributed by atoms with E-state index in [1.54, 1.807) is 19.8 Å².